The molecule has 0 aromatic heterocycles. The van der Waals surface area contributed by atoms with Gasteiger partial charge in [0.1, 0.15) is 24.2 Å². The smallest absolute Gasteiger partial charge is 0.255 e. The Hall–Kier alpha value is -3.30. The summed E-state index contributed by atoms with van der Waals surface area (Å²) in [5, 5.41) is 1.45. The topological polar surface area (TPSA) is 88.2 Å². The Morgan fingerprint density at radius 2 is 2.06 bits per heavy atom. The van der Waals surface area contributed by atoms with E-state index < -0.39 is 157 Å². The maximum atomic E-state index is 16.3. The van der Waals surface area contributed by atoms with Crippen molar-refractivity contribution in [1.29, 1.82) is 0 Å². The number of carbonyl (C=O) groups excluding carboxylic acids is 3. The number of rotatable bonds is 6. The number of hydrogen-bond acceptors (Lipinski definition) is 6. The van der Waals surface area contributed by atoms with Crippen molar-refractivity contribution in [3.8, 4) is 5.75 Å². The number of imide groups is 1. The summed E-state index contributed by atoms with van der Waals surface area (Å²) in [5.74, 6) is -9.32. The molecule has 1 unspecified atom stereocenters. The van der Waals surface area contributed by atoms with Crippen LogP contribution < -0.4 is 10.1 Å². The zero-order valence-electron chi connectivity index (χ0n) is 40.4. The number of halogens is 1. The highest BCUT2D eigenvalue weighted by Crippen LogP contribution is 2.34. The van der Waals surface area contributed by atoms with E-state index in [9.17, 15) is 14.4 Å². The normalized spacial score (nSPS) is 42.4. The summed E-state index contributed by atoms with van der Waals surface area (Å²) < 4.78 is 224. The summed E-state index contributed by atoms with van der Waals surface area (Å²) in [6.07, 6.45) is -7.37. The Morgan fingerprint density at radius 3 is 2.88 bits per heavy atom. The van der Waals surface area contributed by atoms with E-state index in [-0.39, 0.29) is 4.90 Å². The zero-order valence-corrected chi connectivity index (χ0v) is 16.4. The predicted octanol–water partition coefficient (Wildman–Crippen LogP) is 2.00. The van der Waals surface area contributed by atoms with E-state index in [0.29, 0.717) is 0 Å². The largest absolute Gasteiger partial charge is 0.488 e. The van der Waals surface area contributed by atoms with E-state index in [2.05, 4.69) is 4.74 Å². The summed E-state index contributed by atoms with van der Waals surface area (Å²) in [6.45, 7) is -27.8. The number of hydrogen-bond donors (Lipinski definition) is 1. The van der Waals surface area contributed by atoms with Gasteiger partial charge in [0.25, 0.3) is 5.91 Å². The quantitative estimate of drug-likeness (QED) is 0.622. The molecule has 5 rings (SSSR count). The average molecular weight is 492 g/mol. The second-order valence-corrected chi connectivity index (χ2v) is 6.35. The van der Waals surface area contributed by atoms with Gasteiger partial charge < -0.3 is 14.4 Å². The molecule has 0 saturated carbocycles. The number of fused-ring (bicyclic) bond motifs is 1. The lowest BCUT2D eigenvalue weighted by atomic mass is 10.0. The first-order valence-corrected chi connectivity index (χ1v) is 9.07. The second kappa shape index (κ2) is 9.52. The Kier molecular flexibility index (Phi) is 2.20. The molecule has 3 aliphatic rings. The van der Waals surface area contributed by atoms with E-state index in [1.165, 1.54) is 5.32 Å². The van der Waals surface area contributed by atoms with Gasteiger partial charge in [-0.25, -0.2) is 4.39 Å². The molecule has 0 spiro atoms. The van der Waals surface area contributed by atoms with Crippen LogP contribution in [0.25, 0.3) is 0 Å². The minimum absolute atomic E-state index is 0.290. The standard InChI is InChI=1S/C25H26FN3O5/c26-20-12-16(13-28-8-10-33-11-9-28)4-5-17(20)15-34-22-3-1-2-18-19(22)14-29(25(18)32)21-6-7-23(30)27-24(21)31/h1-5,12,21H,6-11,13-15H2,(H,27,30,31)/i1D,2D,3D,4D,5D,6D2,7D2,8D2,9D2,10D2,11D2,12D,13D2,14D2,15D2. The fourth-order valence-electron chi connectivity index (χ4n) is 2.77. The lowest BCUT2D eigenvalue weighted by Crippen LogP contribution is -2.52. The monoisotopic (exact) mass is 491 g/mol. The van der Waals surface area contributed by atoms with Gasteiger partial charge in [0.15, 0.2) is 0 Å². The van der Waals surface area contributed by atoms with Gasteiger partial charge in [-0.15, -0.1) is 0 Å². The van der Waals surface area contributed by atoms with Crippen molar-refractivity contribution in [1.82, 2.24) is 15.1 Å². The molecule has 3 amide bonds. The summed E-state index contributed by atoms with van der Waals surface area (Å²) >= 11 is 0. The van der Waals surface area contributed by atoms with Gasteiger partial charge in [0.05, 0.1) is 38.8 Å². The van der Waals surface area contributed by atoms with Crippen LogP contribution in [0.4, 0.5) is 4.39 Å². The Morgan fingerprint density at radius 1 is 1.24 bits per heavy atom. The highest BCUT2D eigenvalue weighted by Gasteiger charge is 2.40. The molecule has 34 heavy (non-hydrogen) atoms. The van der Waals surface area contributed by atoms with Gasteiger partial charge >= 0.3 is 0 Å². The fraction of sp³-hybridized carbons (Fsp3) is 0.400. The van der Waals surface area contributed by atoms with E-state index in [1.54, 1.807) is 0 Å². The molecule has 2 aromatic carbocycles. The molecule has 2 aromatic rings. The van der Waals surface area contributed by atoms with Crippen LogP contribution in [-0.2, 0) is 33.9 Å². The fourth-order valence-corrected chi connectivity index (χ4v) is 2.77. The van der Waals surface area contributed by atoms with Crippen molar-refractivity contribution < 1.29 is 61.1 Å². The minimum atomic E-state index is -4.16. The zero-order chi connectivity index (χ0) is 45.0. The molecule has 0 bridgehead atoms. The van der Waals surface area contributed by atoms with E-state index in [4.69, 9.17) is 37.6 Å². The maximum Gasteiger partial charge on any atom is 0.255 e. The average Bonchev–Trinajstić information content (AvgIpc) is 3.23. The maximum absolute atomic E-state index is 16.3. The molecule has 1 atom stereocenters. The number of piperidine rings is 1. The van der Waals surface area contributed by atoms with Crippen LogP contribution in [0, 0.1) is 5.82 Å². The number of ether oxygens (including phenoxy) is 2. The molecule has 9 heteroatoms. The van der Waals surface area contributed by atoms with Gasteiger partial charge in [0.2, 0.25) is 11.8 Å². The molecule has 3 heterocycles. The third-order valence-corrected chi connectivity index (χ3v) is 4.23. The van der Waals surface area contributed by atoms with Gasteiger partial charge in [-0.3, -0.25) is 24.6 Å². The molecule has 2 saturated heterocycles. The molecule has 1 N–H and O–H groups in total. The van der Waals surface area contributed by atoms with Crippen LogP contribution in [0.15, 0.2) is 36.3 Å². The number of benzene rings is 2. The van der Waals surface area contributed by atoms with Crippen LogP contribution in [-0.4, -0.2) is 59.7 Å². The molecule has 3 aliphatic heterocycles. The van der Waals surface area contributed by atoms with Gasteiger partial charge in [-0.1, -0.05) is 18.1 Å². The second-order valence-electron chi connectivity index (χ2n) is 6.35. The number of carbonyl (C=O) groups is 3. The van der Waals surface area contributed by atoms with Crippen molar-refractivity contribution >= 4 is 17.7 Å². The molecule has 8 nitrogen and oxygen atoms in total. The number of morpholine rings is 1. The Bertz CT molecular complexity index is 2140. The molecular formula is C25H26FN3O5. The molecular weight excluding hydrogens is 441 g/mol. The Labute approximate surface area is 230 Å². The Balaban J connectivity index is 1.71. The summed E-state index contributed by atoms with van der Waals surface area (Å²) in [4.78, 5) is 37.8. The van der Waals surface area contributed by atoms with Crippen molar-refractivity contribution in [3.63, 3.8) is 0 Å². The van der Waals surface area contributed by atoms with Crippen molar-refractivity contribution in [2.75, 3.05) is 26.1 Å². The third kappa shape index (κ3) is 4.53. The summed E-state index contributed by atoms with van der Waals surface area (Å²) in [6, 6.07) is -12.4. The van der Waals surface area contributed by atoms with Crippen molar-refractivity contribution in [2.24, 2.45) is 0 Å². The van der Waals surface area contributed by atoms with Crippen molar-refractivity contribution in [2.45, 2.75) is 38.3 Å². The van der Waals surface area contributed by atoms with E-state index in [1.807, 2.05) is 0 Å². The molecule has 0 radical (unpaired) electrons. The van der Waals surface area contributed by atoms with Gasteiger partial charge in [-0.05, 0) is 30.1 Å². The highest BCUT2D eigenvalue weighted by atomic mass is 19.1. The lowest BCUT2D eigenvalue weighted by Gasteiger charge is -2.29. The first-order valence-electron chi connectivity index (χ1n) is 21.1. The predicted molar refractivity (Wildman–Crippen MR) is 119 cm³/mol. The summed E-state index contributed by atoms with van der Waals surface area (Å²) in [5.41, 5.74) is -6.30. The molecule has 2 fully saturated rings. The van der Waals surface area contributed by atoms with Crippen LogP contribution in [0.5, 0.6) is 5.75 Å². The van der Waals surface area contributed by atoms with Crippen LogP contribution in [0.3, 0.4) is 0 Å². The van der Waals surface area contributed by atoms with E-state index in [0.717, 1.165) is 0 Å². The SMILES string of the molecule is [2H]c1c([2H])c(OC([2H])([2H])c2c([2H])c([2H])c(C([2H])([2H])N3C([2H])([2H])C([2H])([2H])OC([2H])([2H])C3([2H])[2H])c([2H])c2F)c2c(c1[2H])C(=O)N(C1C(=O)NC(=O)C([2H])([2H])C1([2H])[2H])C2([2H])[2H]. The number of nitrogens with zero attached hydrogens (tertiary/aromatic N) is 2. The first-order chi connectivity index (χ1) is 25.7. The lowest BCUT2D eigenvalue weighted by molar-refractivity contribution is -0.136. The third-order valence-electron chi connectivity index (χ3n) is 4.23. The number of amides is 3. The summed E-state index contributed by atoms with van der Waals surface area (Å²) in [7, 11) is 0. The first kappa shape index (κ1) is 7.86. The van der Waals surface area contributed by atoms with Crippen molar-refractivity contribution in [3.05, 3.63) is 64.3 Å². The minimum Gasteiger partial charge on any atom is -0.488 e. The van der Waals surface area contributed by atoms with Gasteiger partial charge in [0, 0.05) is 56.3 Å². The van der Waals surface area contributed by atoms with Gasteiger partial charge in [-0.2, -0.15) is 0 Å². The van der Waals surface area contributed by atoms with Crippen LogP contribution >= 0.6 is 0 Å². The van der Waals surface area contributed by atoms with E-state index >= 15 is 4.39 Å². The van der Waals surface area contributed by atoms with Crippen LogP contribution in [0.1, 0.15) is 72.7 Å². The molecule has 178 valence electrons. The molecule has 0 aliphatic carbocycles. The van der Waals surface area contributed by atoms with Crippen LogP contribution in [0.2, 0.25) is 0 Å². The highest BCUT2D eigenvalue weighted by molar-refractivity contribution is 6.05. The number of nitrogens with one attached hydrogen (secondary N) is 1.